The van der Waals surface area contributed by atoms with Crippen LogP contribution in [-0.4, -0.2) is 32.1 Å². The van der Waals surface area contributed by atoms with Gasteiger partial charge in [-0.25, -0.2) is 4.99 Å². The molecule has 27 heavy (non-hydrogen) atoms. The molecule has 0 aromatic heterocycles. The number of nitriles is 2. The second-order valence-electron chi connectivity index (χ2n) is 6.79. The highest BCUT2D eigenvalue weighted by atomic mass is 16.7. The number of ether oxygens (including phenoxy) is 3. The van der Waals surface area contributed by atoms with E-state index < -0.39 is 22.7 Å². The number of amidine groups is 1. The summed E-state index contributed by atoms with van der Waals surface area (Å²) in [7, 11) is 1.56. The van der Waals surface area contributed by atoms with E-state index in [0.717, 1.165) is 5.56 Å². The van der Waals surface area contributed by atoms with Crippen molar-refractivity contribution in [2.24, 2.45) is 21.6 Å². The number of benzene rings is 1. The van der Waals surface area contributed by atoms with E-state index in [-0.39, 0.29) is 5.84 Å². The zero-order valence-corrected chi connectivity index (χ0v) is 15.9. The van der Waals surface area contributed by atoms with E-state index in [4.69, 9.17) is 19.9 Å². The Hall–Kier alpha value is -2.61. The van der Waals surface area contributed by atoms with Crippen molar-refractivity contribution in [1.82, 2.24) is 0 Å². The number of rotatable bonds is 8. The van der Waals surface area contributed by atoms with Crippen molar-refractivity contribution >= 4 is 5.84 Å². The number of fused-ring (bicyclic) bond motifs is 1. The number of hydrogen-bond acceptors (Lipinski definition) is 7. The summed E-state index contributed by atoms with van der Waals surface area (Å²) in [6.45, 7) is 4.58. The molecule has 0 radical (unpaired) electrons. The van der Waals surface area contributed by atoms with Crippen LogP contribution in [0.1, 0.15) is 38.2 Å². The topological polar surface area (TPSA) is 114 Å². The van der Waals surface area contributed by atoms with Gasteiger partial charge in [0.05, 0.1) is 32.5 Å². The molecule has 0 spiro atoms. The molecule has 3 rings (SSSR count). The fraction of sp³-hybridized carbons (Fsp3) is 0.550. The third-order valence-corrected chi connectivity index (χ3v) is 5.38. The standard InChI is InChI=1S/C20H24N4O3/c1-4-10-26-20(27-11-5-2)19(13-22)16(18(19,12-21)17(23)24-20)14-8-6-7-9-15(14)25-3/h6-9,16H,4-5,10-11H2,1-3H3,(H2,23,24). The van der Waals surface area contributed by atoms with Gasteiger partial charge in [-0.1, -0.05) is 32.0 Å². The van der Waals surface area contributed by atoms with Crippen LogP contribution in [-0.2, 0) is 9.47 Å². The Morgan fingerprint density at radius 2 is 1.74 bits per heavy atom. The number of methoxy groups -OCH3 is 1. The minimum Gasteiger partial charge on any atom is -0.496 e. The summed E-state index contributed by atoms with van der Waals surface area (Å²) < 4.78 is 17.5. The minimum absolute atomic E-state index is 0.0784. The zero-order valence-electron chi connectivity index (χ0n) is 15.9. The van der Waals surface area contributed by atoms with Crippen LogP contribution < -0.4 is 10.5 Å². The molecule has 1 heterocycles. The Balaban J connectivity index is 2.20. The average Bonchev–Trinajstić information content (AvgIpc) is 3.28. The van der Waals surface area contributed by atoms with E-state index >= 15 is 0 Å². The van der Waals surface area contributed by atoms with Gasteiger partial charge in [0, 0.05) is 11.5 Å². The van der Waals surface area contributed by atoms with Gasteiger partial charge < -0.3 is 19.9 Å². The maximum atomic E-state index is 10.3. The van der Waals surface area contributed by atoms with Crippen molar-refractivity contribution in [2.45, 2.75) is 38.5 Å². The van der Waals surface area contributed by atoms with Crippen LogP contribution in [0.15, 0.2) is 29.3 Å². The molecular formula is C20H24N4O3. The number of para-hydroxylation sites is 1. The lowest BCUT2D eigenvalue weighted by Gasteiger charge is -2.32. The summed E-state index contributed by atoms with van der Waals surface area (Å²) in [6.07, 6.45) is 1.43. The Morgan fingerprint density at radius 1 is 1.11 bits per heavy atom. The highest BCUT2D eigenvalue weighted by molar-refractivity contribution is 6.00. The smallest absolute Gasteiger partial charge is 0.293 e. The molecule has 7 heteroatoms. The van der Waals surface area contributed by atoms with Crippen molar-refractivity contribution in [3.8, 4) is 17.9 Å². The first-order valence-corrected chi connectivity index (χ1v) is 9.14. The van der Waals surface area contributed by atoms with Crippen molar-refractivity contribution in [3.05, 3.63) is 29.8 Å². The second kappa shape index (κ2) is 6.84. The fourth-order valence-electron chi connectivity index (χ4n) is 4.21. The largest absolute Gasteiger partial charge is 0.496 e. The van der Waals surface area contributed by atoms with Crippen LogP contribution >= 0.6 is 0 Å². The molecule has 1 aromatic carbocycles. The molecule has 0 bridgehead atoms. The molecule has 0 saturated heterocycles. The Kier molecular flexibility index (Phi) is 4.86. The summed E-state index contributed by atoms with van der Waals surface area (Å²) in [5, 5.41) is 20.4. The highest BCUT2D eigenvalue weighted by Gasteiger charge is 2.94. The van der Waals surface area contributed by atoms with Gasteiger partial charge in [-0.3, -0.25) is 0 Å². The summed E-state index contributed by atoms with van der Waals surface area (Å²) >= 11 is 0. The Labute approximate surface area is 159 Å². The Morgan fingerprint density at radius 3 is 2.26 bits per heavy atom. The van der Waals surface area contributed by atoms with Gasteiger partial charge >= 0.3 is 0 Å². The monoisotopic (exact) mass is 368 g/mol. The molecule has 7 nitrogen and oxygen atoms in total. The lowest BCUT2D eigenvalue weighted by molar-refractivity contribution is -0.259. The molecule has 0 amide bonds. The maximum absolute atomic E-state index is 10.3. The number of aliphatic imine (C=N–C) groups is 1. The predicted octanol–water partition coefficient (Wildman–Crippen LogP) is 2.69. The second-order valence-corrected chi connectivity index (χ2v) is 6.79. The van der Waals surface area contributed by atoms with Crippen LogP contribution in [0.4, 0.5) is 0 Å². The van der Waals surface area contributed by atoms with Gasteiger partial charge in [-0.2, -0.15) is 10.5 Å². The summed E-state index contributed by atoms with van der Waals surface area (Å²) in [5.41, 5.74) is 4.30. The lowest BCUT2D eigenvalue weighted by atomic mass is 9.93. The van der Waals surface area contributed by atoms with Crippen LogP contribution in [0.3, 0.4) is 0 Å². The number of hydrogen-bond donors (Lipinski definition) is 1. The highest BCUT2D eigenvalue weighted by Crippen LogP contribution is 2.82. The zero-order chi connectivity index (χ0) is 19.7. The predicted molar refractivity (Wildman–Crippen MR) is 98.7 cm³/mol. The third kappa shape index (κ3) is 2.22. The summed E-state index contributed by atoms with van der Waals surface area (Å²) in [6, 6.07) is 11.9. The molecule has 142 valence electrons. The normalized spacial score (nSPS) is 30.0. The van der Waals surface area contributed by atoms with Crippen LogP contribution in [0, 0.1) is 33.5 Å². The summed E-state index contributed by atoms with van der Waals surface area (Å²) in [4.78, 5) is 4.41. The molecule has 1 fully saturated rings. The fourth-order valence-corrected chi connectivity index (χ4v) is 4.21. The number of nitrogens with zero attached hydrogens (tertiary/aromatic N) is 3. The van der Waals surface area contributed by atoms with Gasteiger partial charge in [0.2, 0.25) is 0 Å². The molecule has 1 saturated carbocycles. The Bertz CT molecular complexity index is 832. The minimum atomic E-state index is -1.60. The summed E-state index contributed by atoms with van der Waals surface area (Å²) in [5.74, 6) is -1.48. The van der Waals surface area contributed by atoms with Gasteiger partial charge in [0.25, 0.3) is 5.91 Å². The molecule has 2 aliphatic rings. The third-order valence-electron chi connectivity index (χ3n) is 5.38. The van der Waals surface area contributed by atoms with E-state index in [2.05, 4.69) is 17.1 Å². The lowest BCUT2D eigenvalue weighted by Crippen LogP contribution is -2.44. The quantitative estimate of drug-likeness (QED) is 0.706. The van der Waals surface area contributed by atoms with Crippen LogP contribution in [0.25, 0.3) is 0 Å². The number of nitrogens with two attached hydrogens (primary N) is 1. The molecule has 3 unspecified atom stereocenters. The van der Waals surface area contributed by atoms with Crippen molar-refractivity contribution < 1.29 is 14.2 Å². The van der Waals surface area contributed by atoms with Gasteiger partial charge in [-0.15, -0.1) is 0 Å². The molecular weight excluding hydrogens is 344 g/mol. The SMILES string of the molecule is CCCOC1(OCCC)N=C(N)C2(C#N)C(c3ccccc3OC)C12C#N. The van der Waals surface area contributed by atoms with Crippen molar-refractivity contribution in [2.75, 3.05) is 20.3 Å². The molecule has 1 aliphatic heterocycles. The van der Waals surface area contributed by atoms with E-state index in [1.54, 1.807) is 13.2 Å². The van der Waals surface area contributed by atoms with E-state index in [1.165, 1.54) is 0 Å². The molecule has 3 atom stereocenters. The van der Waals surface area contributed by atoms with E-state index in [9.17, 15) is 10.5 Å². The van der Waals surface area contributed by atoms with Gasteiger partial charge in [-0.05, 0) is 18.9 Å². The first kappa shape index (κ1) is 19.2. The van der Waals surface area contributed by atoms with Gasteiger partial charge in [0.1, 0.15) is 17.0 Å². The molecule has 2 N–H and O–H groups in total. The molecule has 1 aromatic rings. The molecule has 1 aliphatic carbocycles. The van der Waals surface area contributed by atoms with Gasteiger partial charge in [0.15, 0.2) is 5.41 Å². The van der Waals surface area contributed by atoms with Crippen molar-refractivity contribution in [3.63, 3.8) is 0 Å². The van der Waals surface area contributed by atoms with E-state index in [0.29, 0.717) is 31.8 Å². The van der Waals surface area contributed by atoms with Crippen LogP contribution in [0.2, 0.25) is 0 Å². The van der Waals surface area contributed by atoms with E-state index in [1.807, 2.05) is 32.0 Å². The first-order chi connectivity index (χ1) is 13.0. The first-order valence-electron chi connectivity index (χ1n) is 9.14. The van der Waals surface area contributed by atoms with Crippen molar-refractivity contribution in [1.29, 1.82) is 10.5 Å². The average molecular weight is 368 g/mol. The van der Waals surface area contributed by atoms with Crippen LogP contribution in [0.5, 0.6) is 5.75 Å². The maximum Gasteiger partial charge on any atom is 0.293 e.